The van der Waals surface area contributed by atoms with Crippen LogP contribution in [0.15, 0.2) is 12.1 Å². The van der Waals surface area contributed by atoms with E-state index < -0.39 is 5.91 Å². The van der Waals surface area contributed by atoms with Crippen LogP contribution in [0.4, 0.5) is 0 Å². The number of piperazine rings is 1. The van der Waals surface area contributed by atoms with Crippen molar-refractivity contribution in [3.05, 3.63) is 22.7 Å². The first-order valence-electron chi connectivity index (χ1n) is 9.01. The van der Waals surface area contributed by atoms with E-state index >= 15 is 0 Å². The van der Waals surface area contributed by atoms with Crippen LogP contribution in [-0.4, -0.2) is 74.7 Å². The summed E-state index contributed by atoms with van der Waals surface area (Å²) in [4.78, 5) is 16.0. The summed E-state index contributed by atoms with van der Waals surface area (Å²) in [6, 6.07) is 4.42. The molecule has 26 heavy (non-hydrogen) atoms. The van der Waals surface area contributed by atoms with Crippen LogP contribution < -0.4 is 20.5 Å². The Morgan fingerprint density at radius 1 is 1.35 bits per heavy atom. The van der Waals surface area contributed by atoms with Crippen molar-refractivity contribution >= 4 is 17.5 Å². The van der Waals surface area contributed by atoms with Gasteiger partial charge in [-0.3, -0.25) is 14.6 Å². The monoisotopic (exact) mass is 382 g/mol. The predicted octanol–water partition coefficient (Wildman–Crippen LogP) is 0.692. The van der Waals surface area contributed by atoms with E-state index in [0.717, 1.165) is 51.4 Å². The van der Waals surface area contributed by atoms with E-state index in [2.05, 4.69) is 15.1 Å². The van der Waals surface area contributed by atoms with Gasteiger partial charge in [-0.25, -0.2) is 0 Å². The second-order valence-electron chi connectivity index (χ2n) is 6.83. The molecule has 0 spiro atoms. The molecule has 0 aromatic heterocycles. The molecule has 0 bridgehead atoms. The highest BCUT2D eigenvalue weighted by Gasteiger charge is 2.28. The first kappa shape index (κ1) is 19.2. The molecule has 1 amide bonds. The van der Waals surface area contributed by atoms with E-state index in [1.807, 2.05) is 12.1 Å². The Balaban J connectivity index is 1.62. The van der Waals surface area contributed by atoms with E-state index in [1.165, 1.54) is 6.42 Å². The van der Waals surface area contributed by atoms with E-state index in [9.17, 15) is 4.79 Å². The highest BCUT2D eigenvalue weighted by atomic mass is 35.5. The van der Waals surface area contributed by atoms with Gasteiger partial charge in [0.2, 0.25) is 0 Å². The molecule has 1 aromatic carbocycles. The van der Waals surface area contributed by atoms with Crippen molar-refractivity contribution < 1.29 is 14.3 Å². The van der Waals surface area contributed by atoms with Gasteiger partial charge in [-0.2, -0.15) is 0 Å². The Kier molecular flexibility index (Phi) is 6.58. The van der Waals surface area contributed by atoms with Gasteiger partial charge in [0.1, 0.15) is 0 Å². The number of halogens is 1. The summed E-state index contributed by atoms with van der Waals surface area (Å²) in [5.74, 6) is 0.326. The lowest BCUT2D eigenvalue weighted by Gasteiger charge is -2.32. The van der Waals surface area contributed by atoms with Crippen molar-refractivity contribution in [3.63, 3.8) is 0 Å². The zero-order valence-corrected chi connectivity index (χ0v) is 15.9. The molecule has 1 aromatic rings. The fourth-order valence-electron chi connectivity index (χ4n) is 3.71. The van der Waals surface area contributed by atoms with Crippen LogP contribution in [0.1, 0.15) is 12.0 Å². The summed E-state index contributed by atoms with van der Waals surface area (Å²) in [6.45, 7) is 7.15. The first-order valence-corrected chi connectivity index (χ1v) is 9.39. The number of carbonyl (C=O) groups is 1. The first-order chi connectivity index (χ1) is 12.6. The zero-order valence-electron chi connectivity index (χ0n) is 15.2. The number of hydrogen-bond donors (Lipinski definition) is 2. The maximum absolute atomic E-state index is 10.9. The molecule has 2 fully saturated rings. The molecule has 3 N–H and O–H groups in total. The summed E-state index contributed by atoms with van der Waals surface area (Å²) in [5, 5.41) is 3.84. The van der Waals surface area contributed by atoms with Crippen molar-refractivity contribution in [1.29, 1.82) is 0 Å². The number of carbonyl (C=O) groups excluding carboxylic acids is 1. The Hall–Kier alpha value is -1.54. The third kappa shape index (κ3) is 4.79. The maximum Gasteiger partial charge on any atom is 0.255 e. The summed E-state index contributed by atoms with van der Waals surface area (Å²) < 4.78 is 10.8. The van der Waals surface area contributed by atoms with Gasteiger partial charge < -0.3 is 20.5 Å². The van der Waals surface area contributed by atoms with E-state index in [4.69, 9.17) is 26.8 Å². The van der Waals surface area contributed by atoms with Gasteiger partial charge in [0, 0.05) is 51.9 Å². The summed E-state index contributed by atoms with van der Waals surface area (Å²) in [5.41, 5.74) is 6.20. The standard InChI is InChI=1S/C18H27ClN4O3/c1-25-16-9-13(8-15(19)18(16)26-12-17(20)24)10-22-5-2-14(11-22)23-6-3-21-4-7-23/h8-9,14,21H,2-7,10-12H2,1H3,(H2,20,24). The van der Waals surface area contributed by atoms with Gasteiger partial charge in [-0.05, 0) is 24.1 Å². The second-order valence-corrected chi connectivity index (χ2v) is 7.23. The van der Waals surface area contributed by atoms with Crippen LogP contribution in [0, 0.1) is 0 Å². The topological polar surface area (TPSA) is 80.1 Å². The number of methoxy groups -OCH3 is 1. The molecule has 7 nitrogen and oxygen atoms in total. The number of likely N-dealkylation sites (tertiary alicyclic amines) is 1. The van der Waals surface area contributed by atoms with Crippen molar-refractivity contribution in [1.82, 2.24) is 15.1 Å². The fraction of sp³-hybridized carbons (Fsp3) is 0.611. The molecule has 0 aliphatic carbocycles. The van der Waals surface area contributed by atoms with E-state index in [0.29, 0.717) is 22.6 Å². The Morgan fingerprint density at radius 2 is 2.12 bits per heavy atom. The molecule has 2 aliphatic heterocycles. The van der Waals surface area contributed by atoms with Gasteiger partial charge in [-0.1, -0.05) is 11.6 Å². The van der Waals surface area contributed by atoms with Crippen molar-refractivity contribution in [2.75, 3.05) is 53.0 Å². The number of nitrogens with one attached hydrogen (secondary N) is 1. The number of rotatable bonds is 7. The van der Waals surface area contributed by atoms with Crippen molar-refractivity contribution in [3.8, 4) is 11.5 Å². The lowest BCUT2D eigenvalue weighted by Crippen LogP contribution is -2.49. The van der Waals surface area contributed by atoms with Crippen LogP contribution >= 0.6 is 11.6 Å². The number of primary amides is 1. The Labute approximate surface area is 159 Å². The summed E-state index contributed by atoms with van der Waals surface area (Å²) in [6.07, 6.45) is 1.20. The lowest BCUT2D eigenvalue weighted by atomic mass is 10.2. The van der Waals surface area contributed by atoms with Gasteiger partial charge >= 0.3 is 0 Å². The molecule has 2 saturated heterocycles. The molecule has 8 heteroatoms. The van der Waals surface area contributed by atoms with Gasteiger partial charge in [-0.15, -0.1) is 0 Å². The third-order valence-corrected chi connectivity index (χ3v) is 5.25. The molecular weight excluding hydrogens is 356 g/mol. The minimum Gasteiger partial charge on any atom is -0.493 e. The quantitative estimate of drug-likeness (QED) is 0.722. The summed E-state index contributed by atoms with van der Waals surface area (Å²) >= 11 is 6.34. The number of amides is 1. The average Bonchev–Trinajstić information content (AvgIpc) is 3.09. The van der Waals surface area contributed by atoms with Crippen LogP contribution in [0.5, 0.6) is 11.5 Å². The fourth-order valence-corrected chi connectivity index (χ4v) is 4.00. The molecule has 144 valence electrons. The molecule has 1 atom stereocenters. The number of hydrogen-bond acceptors (Lipinski definition) is 6. The smallest absolute Gasteiger partial charge is 0.255 e. The lowest BCUT2D eigenvalue weighted by molar-refractivity contribution is -0.119. The average molecular weight is 383 g/mol. The van der Waals surface area contributed by atoms with Gasteiger partial charge in [0.05, 0.1) is 12.1 Å². The summed E-state index contributed by atoms with van der Waals surface area (Å²) in [7, 11) is 1.56. The minimum absolute atomic E-state index is 0.228. The largest absolute Gasteiger partial charge is 0.493 e. The highest BCUT2D eigenvalue weighted by molar-refractivity contribution is 6.32. The minimum atomic E-state index is -0.553. The second kappa shape index (κ2) is 8.90. The van der Waals surface area contributed by atoms with Crippen molar-refractivity contribution in [2.24, 2.45) is 5.73 Å². The normalized spacial score (nSPS) is 21.7. The maximum atomic E-state index is 10.9. The SMILES string of the molecule is COc1cc(CN2CCC(N3CCNCC3)C2)cc(Cl)c1OCC(N)=O. The molecule has 2 heterocycles. The van der Waals surface area contributed by atoms with Gasteiger partial charge in [0.15, 0.2) is 18.1 Å². The van der Waals surface area contributed by atoms with Gasteiger partial charge in [0.25, 0.3) is 5.91 Å². The molecule has 3 rings (SSSR count). The predicted molar refractivity (Wildman–Crippen MR) is 101 cm³/mol. The van der Waals surface area contributed by atoms with Crippen LogP contribution in [0.3, 0.4) is 0 Å². The molecule has 0 radical (unpaired) electrons. The molecule has 2 aliphatic rings. The van der Waals surface area contributed by atoms with Crippen molar-refractivity contribution in [2.45, 2.75) is 19.0 Å². The Bertz CT molecular complexity index is 637. The number of benzene rings is 1. The number of nitrogens with two attached hydrogens (primary N) is 1. The number of nitrogens with zero attached hydrogens (tertiary/aromatic N) is 2. The van der Waals surface area contributed by atoms with Crippen LogP contribution in [0.25, 0.3) is 0 Å². The molecule has 1 unspecified atom stereocenters. The highest BCUT2D eigenvalue weighted by Crippen LogP contribution is 2.37. The third-order valence-electron chi connectivity index (χ3n) is 4.97. The van der Waals surface area contributed by atoms with Crippen LogP contribution in [0.2, 0.25) is 5.02 Å². The van der Waals surface area contributed by atoms with E-state index in [1.54, 1.807) is 7.11 Å². The Morgan fingerprint density at radius 3 is 2.81 bits per heavy atom. The van der Waals surface area contributed by atoms with E-state index in [-0.39, 0.29) is 6.61 Å². The molecular formula is C18H27ClN4O3. The van der Waals surface area contributed by atoms with Crippen LogP contribution in [-0.2, 0) is 11.3 Å². The zero-order chi connectivity index (χ0) is 18.5. The number of ether oxygens (including phenoxy) is 2. The molecule has 0 saturated carbocycles.